The van der Waals surface area contributed by atoms with Gasteiger partial charge >= 0.3 is 0 Å². The third-order valence-corrected chi connectivity index (χ3v) is 3.39. The molecule has 2 atom stereocenters. The van der Waals surface area contributed by atoms with E-state index < -0.39 is 11.6 Å². The molecule has 0 aliphatic carbocycles. The van der Waals surface area contributed by atoms with Gasteiger partial charge in [0.1, 0.15) is 5.54 Å². The van der Waals surface area contributed by atoms with Crippen molar-refractivity contribution >= 4 is 11.8 Å². The Labute approximate surface area is 102 Å². The molecule has 0 saturated carbocycles. The zero-order chi connectivity index (χ0) is 12.4. The lowest BCUT2D eigenvalue weighted by atomic mass is 10.0. The van der Waals surface area contributed by atoms with E-state index in [0.29, 0.717) is 5.75 Å². The van der Waals surface area contributed by atoms with Crippen LogP contribution in [0.3, 0.4) is 0 Å². The first-order chi connectivity index (χ1) is 7.58. The van der Waals surface area contributed by atoms with Crippen molar-refractivity contribution in [3.05, 3.63) is 0 Å². The molecule has 0 aliphatic rings. The molecule has 0 fully saturated rings. The molecule has 0 aromatic rings. The molecule has 4 nitrogen and oxygen atoms in total. The molecule has 0 aromatic carbocycles. The summed E-state index contributed by atoms with van der Waals surface area (Å²) >= 11 is 1.56. The Hall–Kier alpha value is -0.280. The van der Waals surface area contributed by atoms with Gasteiger partial charge in [0.25, 0.3) is 0 Å². The van der Waals surface area contributed by atoms with Gasteiger partial charge in [-0.3, -0.25) is 5.32 Å². The fourth-order valence-electron chi connectivity index (χ4n) is 1.13. The third-order valence-electron chi connectivity index (χ3n) is 2.28. The Bertz CT molecular complexity index is 221. The van der Waals surface area contributed by atoms with E-state index in [1.54, 1.807) is 11.8 Å². The van der Waals surface area contributed by atoms with Crippen LogP contribution in [-0.4, -0.2) is 46.5 Å². The molecular weight excluding hydrogens is 224 g/mol. The maximum Gasteiger partial charge on any atom is 0.104 e. The van der Waals surface area contributed by atoms with Gasteiger partial charge in [-0.25, -0.2) is 0 Å². The quantitative estimate of drug-likeness (QED) is 0.523. The topological polar surface area (TPSA) is 76.3 Å². The summed E-state index contributed by atoms with van der Waals surface area (Å²) in [5.41, 5.74) is -0.479. The molecule has 0 amide bonds. The average Bonchev–Trinajstić information content (AvgIpc) is 2.31. The minimum Gasteiger partial charge on any atom is -0.394 e. The molecule has 0 spiro atoms. The standard InChI is InChI=1S/C11H22N2O2S/c1-3-5-13-11(2,9-12)4-6-16-8-10(15)7-14/h10,13-15H,3-8H2,1-2H3. The molecule has 94 valence electrons. The SMILES string of the molecule is CCCNC(C)(C#N)CCSCC(O)CO. The first-order valence-corrected chi connectivity index (χ1v) is 6.76. The van der Waals surface area contributed by atoms with Crippen LogP contribution in [0.5, 0.6) is 0 Å². The number of thioether (sulfide) groups is 1. The van der Waals surface area contributed by atoms with Crippen molar-refractivity contribution < 1.29 is 10.2 Å². The zero-order valence-corrected chi connectivity index (χ0v) is 10.9. The summed E-state index contributed by atoms with van der Waals surface area (Å²) in [5.74, 6) is 1.32. The van der Waals surface area contributed by atoms with E-state index >= 15 is 0 Å². The van der Waals surface area contributed by atoms with Crippen molar-refractivity contribution in [2.45, 2.75) is 38.3 Å². The van der Waals surface area contributed by atoms with Crippen molar-refractivity contribution in [3.8, 4) is 6.07 Å². The smallest absolute Gasteiger partial charge is 0.104 e. The number of hydrogen-bond acceptors (Lipinski definition) is 5. The number of nitrogens with one attached hydrogen (secondary N) is 1. The number of hydrogen-bond donors (Lipinski definition) is 3. The molecule has 3 N–H and O–H groups in total. The number of rotatable bonds is 9. The maximum atomic E-state index is 9.13. The van der Waals surface area contributed by atoms with E-state index in [1.807, 2.05) is 6.92 Å². The predicted octanol–water partition coefficient (Wildman–Crippen LogP) is 0.745. The molecule has 0 aromatic heterocycles. The number of nitrogens with zero attached hydrogens (tertiary/aromatic N) is 1. The van der Waals surface area contributed by atoms with Crippen LogP contribution in [0.2, 0.25) is 0 Å². The van der Waals surface area contributed by atoms with Gasteiger partial charge in [-0.15, -0.1) is 0 Å². The van der Waals surface area contributed by atoms with Gasteiger partial charge in [-0.05, 0) is 32.1 Å². The van der Waals surface area contributed by atoms with E-state index in [9.17, 15) is 0 Å². The van der Waals surface area contributed by atoms with Crippen LogP contribution < -0.4 is 5.32 Å². The molecular formula is C11H22N2O2S. The molecule has 0 rings (SSSR count). The second-order valence-corrected chi connectivity index (χ2v) is 5.18. The highest BCUT2D eigenvalue weighted by atomic mass is 32.2. The fourth-order valence-corrected chi connectivity index (χ4v) is 2.23. The Morgan fingerprint density at radius 3 is 2.75 bits per heavy atom. The highest BCUT2D eigenvalue weighted by Crippen LogP contribution is 2.14. The van der Waals surface area contributed by atoms with Crippen LogP contribution in [-0.2, 0) is 0 Å². The van der Waals surface area contributed by atoms with Gasteiger partial charge in [0.05, 0.1) is 18.8 Å². The normalized spacial score (nSPS) is 16.4. The Kier molecular flexibility index (Phi) is 8.67. The van der Waals surface area contributed by atoms with Gasteiger partial charge in [0, 0.05) is 5.75 Å². The summed E-state index contributed by atoms with van der Waals surface area (Å²) < 4.78 is 0. The van der Waals surface area contributed by atoms with Gasteiger partial charge < -0.3 is 10.2 Å². The summed E-state index contributed by atoms with van der Waals surface area (Å²) in [5, 5.41) is 30.0. The number of nitriles is 1. The Morgan fingerprint density at radius 2 is 2.25 bits per heavy atom. The molecule has 16 heavy (non-hydrogen) atoms. The van der Waals surface area contributed by atoms with Gasteiger partial charge in [0.2, 0.25) is 0 Å². The van der Waals surface area contributed by atoms with Crippen LogP contribution in [0.1, 0.15) is 26.7 Å². The minimum atomic E-state index is -0.651. The average molecular weight is 246 g/mol. The lowest BCUT2D eigenvalue weighted by molar-refractivity contribution is 0.113. The first kappa shape index (κ1) is 15.7. The summed E-state index contributed by atoms with van der Waals surface area (Å²) in [6.45, 7) is 4.60. The summed E-state index contributed by atoms with van der Waals surface area (Å²) in [7, 11) is 0. The molecule has 0 bridgehead atoms. The fraction of sp³-hybridized carbons (Fsp3) is 0.909. The van der Waals surface area contributed by atoms with E-state index in [2.05, 4.69) is 18.3 Å². The maximum absolute atomic E-state index is 9.13. The first-order valence-electron chi connectivity index (χ1n) is 5.61. The minimum absolute atomic E-state index is 0.198. The van der Waals surface area contributed by atoms with E-state index in [0.717, 1.165) is 25.1 Å². The zero-order valence-electron chi connectivity index (χ0n) is 10.1. The molecule has 0 heterocycles. The second kappa shape index (κ2) is 8.82. The summed E-state index contributed by atoms with van der Waals surface area (Å²) in [6.07, 6.45) is 1.10. The van der Waals surface area contributed by atoms with Crippen LogP contribution >= 0.6 is 11.8 Å². The monoisotopic (exact) mass is 246 g/mol. The van der Waals surface area contributed by atoms with E-state index in [-0.39, 0.29) is 6.61 Å². The molecule has 5 heteroatoms. The third kappa shape index (κ3) is 7.07. The van der Waals surface area contributed by atoms with Crippen molar-refractivity contribution in [3.63, 3.8) is 0 Å². The largest absolute Gasteiger partial charge is 0.394 e. The van der Waals surface area contributed by atoms with Crippen molar-refractivity contribution in [1.29, 1.82) is 5.26 Å². The van der Waals surface area contributed by atoms with E-state index in [4.69, 9.17) is 15.5 Å². The van der Waals surface area contributed by atoms with E-state index in [1.165, 1.54) is 0 Å². The molecule has 2 unspecified atom stereocenters. The second-order valence-electron chi connectivity index (χ2n) is 4.03. The van der Waals surface area contributed by atoms with Crippen molar-refractivity contribution in [1.82, 2.24) is 5.32 Å². The number of aliphatic hydroxyl groups is 2. The van der Waals surface area contributed by atoms with Crippen molar-refractivity contribution in [2.75, 3.05) is 24.7 Å². The Balaban J connectivity index is 3.74. The van der Waals surface area contributed by atoms with Crippen LogP contribution in [0.25, 0.3) is 0 Å². The highest BCUT2D eigenvalue weighted by Gasteiger charge is 2.21. The Morgan fingerprint density at radius 1 is 1.56 bits per heavy atom. The molecule has 0 aliphatic heterocycles. The van der Waals surface area contributed by atoms with Crippen LogP contribution in [0.15, 0.2) is 0 Å². The summed E-state index contributed by atoms with van der Waals surface area (Å²) in [6, 6.07) is 2.28. The van der Waals surface area contributed by atoms with Gasteiger partial charge in [-0.2, -0.15) is 17.0 Å². The highest BCUT2D eigenvalue weighted by molar-refractivity contribution is 7.99. The molecule has 0 radical (unpaired) electrons. The number of aliphatic hydroxyl groups excluding tert-OH is 2. The van der Waals surface area contributed by atoms with Gasteiger partial charge in [0.15, 0.2) is 0 Å². The lowest BCUT2D eigenvalue weighted by Crippen LogP contribution is -2.41. The predicted molar refractivity (Wildman–Crippen MR) is 67.3 cm³/mol. The van der Waals surface area contributed by atoms with Crippen molar-refractivity contribution in [2.24, 2.45) is 0 Å². The summed E-state index contributed by atoms with van der Waals surface area (Å²) in [4.78, 5) is 0. The van der Waals surface area contributed by atoms with Gasteiger partial charge in [-0.1, -0.05) is 6.92 Å². The van der Waals surface area contributed by atoms with Crippen LogP contribution in [0, 0.1) is 11.3 Å². The lowest BCUT2D eigenvalue weighted by Gasteiger charge is -2.22. The van der Waals surface area contributed by atoms with Crippen LogP contribution in [0.4, 0.5) is 0 Å². The molecule has 0 saturated heterocycles.